The number of amides is 1. The number of nitrogens with one attached hydrogen (secondary N) is 1. The molecule has 0 bridgehead atoms. The van der Waals surface area contributed by atoms with Crippen LogP contribution in [0.1, 0.15) is 144 Å². The summed E-state index contributed by atoms with van der Waals surface area (Å²) in [5.41, 5.74) is 2.22. The first-order valence-electron chi connectivity index (χ1n) is 24.9. The van der Waals surface area contributed by atoms with Gasteiger partial charge in [0.25, 0.3) is 0 Å². The van der Waals surface area contributed by atoms with Crippen molar-refractivity contribution in [2.75, 3.05) is 13.2 Å². The number of ether oxygens (including phenoxy) is 4. The summed E-state index contributed by atoms with van der Waals surface area (Å²) in [6, 6.07) is 6.76. The number of aliphatic hydroxyl groups excluding tert-OH is 5. The van der Waals surface area contributed by atoms with Crippen molar-refractivity contribution < 1.29 is 59.2 Å². The van der Waals surface area contributed by atoms with E-state index in [2.05, 4.69) is 73.7 Å². The standard InChI is InChI=1S/C53H79NO12/c1-29(2)31-13-10-30(11-14-31)12-17-39(56)54-40-43(59)42(58)35(28-64-46-44(60)41(57)34(55)27-63-46)65-45(40)66-38-19-20-50(7)36(49(38,5)6)18-21-52(9)37(50)16-15-32-33-26-48(3,4)22-24-53(33,47(61)62)25-23-51(32,52)8/h10-15,17,29,33-38,40-46,55,57-60H,16,18-28H2,1-9H3,(H,54,56)(H,61,62)/b17-12+/t33-,34-,35+,36-,37+,38-,40+,41-,42+,43+,44+,45-,46-,50-,51+,52+,53-/m0/s1. The third-order valence-electron chi connectivity index (χ3n) is 19.2. The van der Waals surface area contributed by atoms with Crippen LogP contribution in [0.15, 0.2) is 42.0 Å². The van der Waals surface area contributed by atoms with Crippen LogP contribution in [0.25, 0.3) is 6.08 Å². The Morgan fingerprint density at radius 1 is 0.833 bits per heavy atom. The lowest BCUT2D eigenvalue weighted by atomic mass is 9.33. The van der Waals surface area contributed by atoms with E-state index in [1.165, 1.54) is 17.2 Å². The Bertz CT molecular complexity index is 2020. The fourth-order valence-corrected chi connectivity index (χ4v) is 14.8. The largest absolute Gasteiger partial charge is 0.481 e. The monoisotopic (exact) mass is 922 g/mol. The second kappa shape index (κ2) is 17.9. The maximum Gasteiger partial charge on any atom is 0.310 e. The average Bonchev–Trinajstić information content (AvgIpc) is 3.25. The van der Waals surface area contributed by atoms with Gasteiger partial charge >= 0.3 is 5.97 Å². The van der Waals surface area contributed by atoms with E-state index in [9.17, 15) is 40.2 Å². The number of rotatable bonds is 10. The minimum absolute atomic E-state index is 0.0264. The van der Waals surface area contributed by atoms with Gasteiger partial charge in [-0.15, -0.1) is 0 Å². The smallest absolute Gasteiger partial charge is 0.310 e. The zero-order valence-corrected chi connectivity index (χ0v) is 40.7. The van der Waals surface area contributed by atoms with E-state index < -0.39 is 72.5 Å². The van der Waals surface area contributed by atoms with Gasteiger partial charge in [0, 0.05) is 6.08 Å². The van der Waals surface area contributed by atoms with Gasteiger partial charge < -0.3 is 54.9 Å². The molecule has 13 nitrogen and oxygen atoms in total. The minimum atomic E-state index is -1.56. The first-order valence-corrected chi connectivity index (χ1v) is 24.9. The summed E-state index contributed by atoms with van der Waals surface area (Å²) in [5, 5.41) is 67.7. The van der Waals surface area contributed by atoms with Gasteiger partial charge in [-0.1, -0.05) is 98.2 Å². The van der Waals surface area contributed by atoms with Gasteiger partial charge in [-0.3, -0.25) is 9.59 Å². The number of carboxylic acids is 1. The predicted molar refractivity (Wildman–Crippen MR) is 247 cm³/mol. The second-order valence-corrected chi connectivity index (χ2v) is 24.0. The molecule has 2 saturated heterocycles. The summed E-state index contributed by atoms with van der Waals surface area (Å²) < 4.78 is 24.7. The lowest BCUT2D eigenvalue weighted by molar-refractivity contribution is -0.322. The van der Waals surface area contributed by atoms with Crippen LogP contribution in [0.5, 0.6) is 0 Å². The molecule has 0 spiro atoms. The molecule has 1 amide bonds. The van der Waals surface area contributed by atoms with Crippen LogP contribution in [-0.2, 0) is 28.5 Å². The predicted octanol–water partition coefficient (Wildman–Crippen LogP) is 6.48. The van der Waals surface area contributed by atoms with Gasteiger partial charge in [-0.2, -0.15) is 0 Å². The van der Waals surface area contributed by atoms with Crippen molar-refractivity contribution in [2.45, 2.75) is 194 Å². The van der Waals surface area contributed by atoms with E-state index >= 15 is 0 Å². The molecule has 66 heavy (non-hydrogen) atoms. The summed E-state index contributed by atoms with van der Waals surface area (Å²) in [6.45, 7) is 20.2. The van der Waals surface area contributed by atoms with Gasteiger partial charge in [0.1, 0.15) is 42.7 Å². The summed E-state index contributed by atoms with van der Waals surface area (Å²) in [5.74, 6) is -0.104. The molecule has 0 unspecified atom stereocenters. The third-order valence-corrected chi connectivity index (χ3v) is 19.2. The molecule has 17 atom stereocenters. The number of aliphatic hydroxyl groups is 5. The SMILES string of the molecule is CC(C)c1ccc(/C=C/C(=O)N[C@H]2[C@H](O[C@H]3CC[C@]4(C)[C@H]5CC=C6[C@@H]7CC(C)(C)CC[C@]7(C(=O)O)CC[C@@]6(C)[C@]5(C)CC[C@H]4C3(C)C)O[C@H](CO[C@@H]3OC[C@H](O)[C@H](O)[C@H]3O)[C@@H](O)[C@@H]2O)cc1. The van der Waals surface area contributed by atoms with Gasteiger partial charge in [-0.25, -0.2) is 0 Å². The van der Waals surface area contributed by atoms with Gasteiger partial charge in [0.05, 0.1) is 24.7 Å². The van der Waals surface area contributed by atoms with Crippen LogP contribution in [0.4, 0.5) is 0 Å². The number of carboxylic acid groups (broad SMARTS) is 1. The highest BCUT2D eigenvalue weighted by Crippen LogP contribution is 2.76. The lowest BCUT2D eigenvalue weighted by Gasteiger charge is -2.71. The van der Waals surface area contributed by atoms with E-state index in [1.54, 1.807) is 6.08 Å². The Morgan fingerprint density at radius 3 is 2.21 bits per heavy atom. The number of hydrogen-bond acceptors (Lipinski definition) is 11. The van der Waals surface area contributed by atoms with Crippen molar-refractivity contribution in [3.63, 3.8) is 0 Å². The van der Waals surface area contributed by atoms with E-state index in [0.29, 0.717) is 24.7 Å². The molecule has 7 N–H and O–H groups in total. The normalized spacial score (nSPS) is 45.2. The second-order valence-electron chi connectivity index (χ2n) is 24.0. The Kier molecular flexibility index (Phi) is 13.5. The number of carbonyl (C=O) groups excluding carboxylic acids is 1. The van der Waals surface area contributed by atoms with Crippen molar-refractivity contribution in [3.05, 3.63) is 53.1 Å². The quantitative estimate of drug-likeness (QED) is 0.0766. The molecule has 0 aromatic heterocycles. The Labute approximate surface area is 391 Å². The van der Waals surface area contributed by atoms with Crippen molar-refractivity contribution in [3.8, 4) is 0 Å². The average molecular weight is 922 g/mol. The summed E-state index contributed by atoms with van der Waals surface area (Å²) in [4.78, 5) is 26.8. The molecule has 6 fully saturated rings. The molecule has 1 aromatic rings. The molecule has 2 aliphatic heterocycles. The lowest BCUT2D eigenvalue weighted by Crippen LogP contribution is -2.67. The fourth-order valence-electron chi connectivity index (χ4n) is 14.8. The number of hydrogen-bond donors (Lipinski definition) is 7. The molecule has 13 heteroatoms. The molecule has 8 rings (SSSR count). The minimum Gasteiger partial charge on any atom is -0.481 e. The van der Waals surface area contributed by atoms with Crippen LogP contribution < -0.4 is 5.32 Å². The maximum atomic E-state index is 13.6. The first kappa shape index (κ1) is 49.7. The van der Waals surface area contributed by atoms with Crippen molar-refractivity contribution >= 4 is 18.0 Å². The van der Waals surface area contributed by atoms with E-state index in [1.807, 2.05) is 24.3 Å². The molecular formula is C53H79NO12. The summed E-state index contributed by atoms with van der Waals surface area (Å²) in [6.07, 6.45) is 2.71. The van der Waals surface area contributed by atoms with Crippen LogP contribution >= 0.6 is 0 Å². The first-order chi connectivity index (χ1) is 30.9. The van der Waals surface area contributed by atoms with Crippen LogP contribution in [0, 0.1) is 50.2 Å². The molecular weight excluding hydrogens is 843 g/mol. The van der Waals surface area contributed by atoms with Gasteiger partial charge in [0.15, 0.2) is 12.6 Å². The topological polar surface area (TPSA) is 204 Å². The number of aliphatic carboxylic acids is 1. The number of allylic oxidation sites excluding steroid dienone is 2. The highest BCUT2D eigenvalue weighted by atomic mass is 16.7. The van der Waals surface area contributed by atoms with Crippen molar-refractivity contribution in [1.29, 1.82) is 0 Å². The Balaban J connectivity index is 1.03. The van der Waals surface area contributed by atoms with Crippen LogP contribution in [-0.4, -0.2) is 117 Å². The van der Waals surface area contributed by atoms with Crippen molar-refractivity contribution in [1.82, 2.24) is 5.32 Å². The molecule has 5 aliphatic carbocycles. The summed E-state index contributed by atoms with van der Waals surface area (Å²) in [7, 11) is 0. The Hall–Kier alpha value is -2.72. The van der Waals surface area contributed by atoms with Gasteiger partial charge in [0.2, 0.25) is 5.91 Å². The molecule has 7 aliphatic rings. The maximum absolute atomic E-state index is 13.6. The van der Waals surface area contributed by atoms with E-state index in [0.717, 1.165) is 56.9 Å². The Morgan fingerprint density at radius 2 is 1.53 bits per heavy atom. The highest BCUT2D eigenvalue weighted by Gasteiger charge is 2.69. The molecule has 2 heterocycles. The number of benzene rings is 1. The zero-order chi connectivity index (χ0) is 47.9. The molecule has 0 radical (unpaired) electrons. The van der Waals surface area contributed by atoms with E-state index in [4.69, 9.17) is 18.9 Å². The van der Waals surface area contributed by atoms with Crippen LogP contribution in [0.3, 0.4) is 0 Å². The third kappa shape index (κ3) is 8.35. The van der Waals surface area contributed by atoms with Crippen LogP contribution in [0.2, 0.25) is 0 Å². The summed E-state index contributed by atoms with van der Waals surface area (Å²) >= 11 is 0. The molecule has 1 aromatic carbocycles. The van der Waals surface area contributed by atoms with Crippen molar-refractivity contribution in [2.24, 2.45) is 50.2 Å². The number of carbonyl (C=O) groups is 2. The zero-order valence-electron chi connectivity index (χ0n) is 40.7. The van der Waals surface area contributed by atoms with E-state index in [-0.39, 0.29) is 58.2 Å². The van der Waals surface area contributed by atoms with Gasteiger partial charge in [-0.05, 0) is 132 Å². The highest BCUT2D eigenvalue weighted by molar-refractivity contribution is 5.92. The number of fused-ring (bicyclic) bond motifs is 7. The fraction of sp³-hybridized carbons (Fsp3) is 0.774. The molecule has 4 saturated carbocycles. The molecule has 368 valence electrons.